The average molecular weight is 360 g/mol. The number of benzene rings is 2. The molecule has 0 amide bonds. The Morgan fingerprint density at radius 1 is 1.24 bits per heavy atom. The number of nitrogens with one attached hydrogen (secondary N) is 1. The van der Waals surface area contributed by atoms with Crippen LogP contribution in [-0.4, -0.2) is 29.3 Å². The number of nitrogens with zero attached hydrogens (tertiary/aromatic N) is 2. The van der Waals surface area contributed by atoms with Gasteiger partial charge >= 0.3 is 0 Å². The minimum atomic E-state index is -0.517. The third-order valence-corrected chi connectivity index (χ3v) is 4.30. The Hall–Kier alpha value is -2.44. The number of aromatic nitrogens is 2. The molecule has 2 heterocycles. The summed E-state index contributed by atoms with van der Waals surface area (Å²) < 4.78 is 25.3. The van der Waals surface area contributed by atoms with E-state index in [1.54, 1.807) is 12.1 Å². The van der Waals surface area contributed by atoms with Gasteiger partial charge in [0.1, 0.15) is 24.0 Å². The molecular weight excluding hydrogens is 345 g/mol. The minimum Gasteiger partial charge on any atom is -0.488 e. The number of ether oxygens (including phenoxy) is 2. The number of halogens is 2. The van der Waals surface area contributed by atoms with E-state index in [1.807, 2.05) is 18.2 Å². The quantitative estimate of drug-likeness (QED) is 0.751. The fourth-order valence-corrected chi connectivity index (χ4v) is 2.91. The second kappa shape index (κ2) is 6.82. The molecule has 0 aliphatic carbocycles. The molecule has 0 radical (unpaired) electrons. The molecule has 1 atom stereocenters. The average Bonchev–Trinajstić information content (AvgIpc) is 3.12. The first-order valence-corrected chi connectivity index (χ1v) is 8.29. The molecule has 4 rings (SSSR count). The maximum absolute atomic E-state index is 14.1. The molecule has 0 bridgehead atoms. The molecule has 7 heteroatoms. The smallest absolute Gasteiger partial charge is 0.165 e. The van der Waals surface area contributed by atoms with Crippen molar-refractivity contribution < 1.29 is 13.9 Å². The van der Waals surface area contributed by atoms with Crippen LogP contribution in [0.15, 0.2) is 42.7 Å². The molecule has 1 aliphatic rings. The van der Waals surface area contributed by atoms with Gasteiger partial charge in [0.05, 0.1) is 29.4 Å². The van der Waals surface area contributed by atoms with Crippen LogP contribution in [0.3, 0.4) is 0 Å². The van der Waals surface area contributed by atoms with Gasteiger partial charge in [0.2, 0.25) is 0 Å². The molecule has 1 aromatic heterocycles. The van der Waals surface area contributed by atoms with E-state index in [9.17, 15) is 4.39 Å². The minimum absolute atomic E-state index is 0.0535. The molecule has 128 valence electrons. The fourth-order valence-electron chi connectivity index (χ4n) is 2.74. The Labute approximate surface area is 148 Å². The Morgan fingerprint density at radius 2 is 2.16 bits per heavy atom. The van der Waals surface area contributed by atoms with Crippen molar-refractivity contribution in [3.63, 3.8) is 0 Å². The van der Waals surface area contributed by atoms with Crippen LogP contribution in [-0.2, 0) is 4.74 Å². The third kappa shape index (κ3) is 3.36. The zero-order valence-electron chi connectivity index (χ0n) is 13.2. The highest BCUT2D eigenvalue weighted by Crippen LogP contribution is 2.29. The van der Waals surface area contributed by atoms with Gasteiger partial charge in [-0.05, 0) is 24.3 Å². The van der Waals surface area contributed by atoms with Crippen LogP contribution >= 0.6 is 11.6 Å². The van der Waals surface area contributed by atoms with Crippen LogP contribution < -0.4 is 10.1 Å². The summed E-state index contributed by atoms with van der Waals surface area (Å²) in [7, 11) is 0. The van der Waals surface area contributed by atoms with E-state index in [1.165, 1.54) is 12.4 Å². The van der Waals surface area contributed by atoms with Gasteiger partial charge in [-0.3, -0.25) is 0 Å². The summed E-state index contributed by atoms with van der Waals surface area (Å²) in [5, 5.41) is 3.79. The predicted octanol–water partition coefficient (Wildman–Crippen LogP) is 4.33. The largest absolute Gasteiger partial charge is 0.488 e. The van der Waals surface area contributed by atoms with E-state index >= 15 is 0 Å². The van der Waals surface area contributed by atoms with Crippen LogP contribution in [0.2, 0.25) is 5.02 Å². The van der Waals surface area contributed by atoms with Crippen LogP contribution in [0.1, 0.15) is 6.42 Å². The standard InChI is InChI=1S/C18H15ClFN3O2/c19-14-2-1-3-15(17(14)20)23-18-13-5-4-11(8-16(13)21-10-22-18)25-12-6-7-24-9-12/h1-5,8,10,12H,6-7,9H2,(H,21,22,23)/t12-/m1/s1. The lowest BCUT2D eigenvalue weighted by Gasteiger charge is -2.13. The lowest BCUT2D eigenvalue weighted by molar-refractivity contribution is 0.141. The molecule has 0 saturated carbocycles. The monoisotopic (exact) mass is 359 g/mol. The zero-order valence-corrected chi connectivity index (χ0v) is 14.0. The van der Waals surface area contributed by atoms with Crippen molar-refractivity contribution in [3.05, 3.63) is 53.6 Å². The molecule has 1 fully saturated rings. The third-order valence-electron chi connectivity index (χ3n) is 4.00. The van der Waals surface area contributed by atoms with Crippen molar-refractivity contribution in [2.75, 3.05) is 18.5 Å². The number of hydrogen-bond donors (Lipinski definition) is 1. The molecular formula is C18H15ClFN3O2. The highest BCUT2D eigenvalue weighted by molar-refractivity contribution is 6.31. The van der Waals surface area contributed by atoms with E-state index in [0.29, 0.717) is 17.9 Å². The lowest BCUT2D eigenvalue weighted by atomic mass is 10.2. The summed E-state index contributed by atoms with van der Waals surface area (Å²) >= 11 is 5.83. The van der Waals surface area contributed by atoms with E-state index in [4.69, 9.17) is 21.1 Å². The molecule has 1 aliphatic heterocycles. The summed E-state index contributed by atoms with van der Waals surface area (Å²) in [6, 6.07) is 10.3. The van der Waals surface area contributed by atoms with Crippen molar-refractivity contribution in [3.8, 4) is 5.75 Å². The van der Waals surface area contributed by atoms with Crippen LogP contribution in [0, 0.1) is 5.82 Å². The van der Waals surface area contributed by atoms with Gasteiger partial charge in [-0.1, -0.05) is 17.7 Å². The predicted molar refractivity (Wildman–Crippen MR) is 94.1 cm³/mol. The van der Waals surface area contributed by atoms with Gasteiger partial charge in [-0.2, -0.15) is 0 Å². The molecule has 0 spiro atoms. The number of hydrogen-bond acceptors (Lipinski definition) is 5. The first-order chi connectivity index (χ1) is 12.2. The summed E-state index contributed by atoms with van der Waals surface area (Å²) in [6.45, 7) is 1.32. The number of fused-ring (bicyclic) bond motifs is 1. The van der Waals surface area contributed by atoms with Crippen molar-refractivity contribution >= 4 is 34.0 Å². The van der Waals surface area contributed by atoms with Gasteiger partial charge in [0, 0.05) is 17.9 Å². The van der Waals surface area contributed by atoms with Gasteiger partial charge in [0.15, 0.2) is 5.82 Å². The number of anilines is 2. The molecule has 1 saturated heterocycles. The Kier molecular flexibility index (Phi) is 4.38. The zero-order chi connectivity index (χ0) is 17.2. The topological polar surface area (TPSA) is 56.3 Å². The van der Waals surface area contributed by atoms with Crippen LogP contribution in [0.5, 0.6) is 5.75 Å². The lowest BCUT2D eigenvalue weighted by Crippen LogP contribution is -2.15. The molecule has 1 N–H and O–H groups in total. The van der Waals surface area contributed by atoms with E-state index in [0.717, 1.165) is 24.2 Å². The maximum atomic E-state index is 14.1. The van der Waals surface area contributed by atoms with E-state index in [2.05, 4.69) is 15.3 Å². The first kappa shape index (κ1) is 16.1. The van der Waals surface area contributed by atoms with Crippen molar-refractivity contribution in [2.24, 2.45) is 0 Å². The van der Waals surface area contributed by atoms with Crippen molar-refractivity contribution in [1.82, 2.24) is 9.97 Å². The summed E-state index contributed by atoms with van der Waals surface area (Å²) in [6.07, 6.45) is 2.37. The van der Waals surface area contributed by atoms with Gasteiger partial charge < -0.3 is 14.8 Å². The maximum Gasteiger partial charge on any atom is 0.165 e. The molecule has 2 aromatic carbocycles. The molecule has 25 heavy (non-hydrogen) atoms. The van der Waals surface area contributed by atoms with Gasteiger partial charge in [0.25, 0.3) is 0 Å². The fraction of sp³-hybridized carbons (Fsp3) is 0.222. The van der Waals surface area contributed by atoms with Gasteiger partial charge in [-0.25, -0.2) is 14.4 Å². The van der Waals surface area contributed by atoms with Crippen LogP contribution in [0.4, 0.5) is 15.9 Å². The SMILES string of the molecule is Fc1c(Cl)cccc1Nc1ncnc2cc(O[C@@H]3CCOC3)ccc12. The summed E-state index contributed by atoms with van der Waals surface area (Å²) in [5.41, 5.74) is 0.965. The van der Waals surface area contributed by atoms with Crippen molar-refractivity contribution in [2.45, 2.75) is 12.5 Å². The second-order valence-electron chi connectivity index (χ2n) is 5.73. The first-order valence-electron chi connectivity index (χ1n) is 7.91. The Balaban J connectivity index is 1.64. The van der Waals surface area contributed by atoms with E-state index in [-0.39, 0.29) is 16.8 Å². The van der Waals surface area contributed by atoms with Gasteiger partial charge in [-0.15, -0.1) is 0 Å². The Morgan fingerprint density at radius 3 is 3.00 bits per heavy atom. The van der Waals surface area contributed by atoms with Crippen molar-refractivity contribution in [1.29, 1.82) is 0 Å². The van der Waals surface area contributed by atoms with E-state index < -0.39 is 5.82 Å². The molecule has 0 unspecified atom stereocenters. The number of rotatable bonds is 4. The molecule has 3 aromatic rings. The normalized spacial score (nSPS) is 17.0. The highest BCUT2D eigenvalue weighted by atomic mass is 35.5. The second-order valence-corrected chi connectivity index (χ2v) is 6.14. The highest BCUT2D eigenvalue weighted by Gasteiger charge is 2.17. The summed E-state index contributed by atoms with van der Waals surface area (Å²) in [5.74, 6) is 0.709. The van der Waals surface area contributed by atoms with Crippen LogP contribution in [0.25, 0.3) is 10.9 Å². The molecule has 5 nitrogen and oxygen atoms in total. The summed E-state index contributed by atoms with van der Waals surface area (Å²) in [4.78, 5) is 8.49. The Bertz CT molecular complexity index is 916.